The van der Waals surface area contributed by atoms with Gasteiger partial charge in [0, 0.05) is 5.54 Å². The molecule has 3 rings (SSSR count). The fraction of sp³-hybridized carbons (Fsp3) is 0.765. The van der Waals surface area contributed by atoms with Crippen LogP contribution in [0.4, 0.5) is 0 Å². The molecular formula is C17H27N. The molecule has 0 radical (unpaired) electrons. The molecule has 0 aromatic heterocycles. The highest BCUT2D eigenvalue weighted by molar-refractivity contribution is 5.27. The molecular weight excluding hydrogens is 218 g/mol. The fourth-order valence-electron chi connectivity index (χ4n) is 4.17. The highest BCUT2D eigenvalue weighted by Gasteiger charge is 2.40. The fourth-order valence-corrected chi connectivity index (χ4v) is 4.17. The van der Waals surface area contributed by atoms with E-state index in [2.05, 4.69) is 37.0 Å². The van der Waals surface area contributed by atoms with Crippen molar-refractivity contribution >= 4 is 0 Å². The summed E-state index contributed by atoms with van der Waals surface area (Å²) < 4.78 is 0. The number of likely N-dealkylation sites (tertiary alicyclic amines) is 1. The second kappa shape index (κ2) is 4.52. The van der Waals surface area contributed by atoms with Crippen LogP contribution in [0.25, 0.3) is 0 Å². The molecule has 0 bridgehead atoms. The van der Waals surface area contributed by atoms with Crippen LogP contribution in [-0.4, -0.2) is 23.5 Å². The lowest BCUT2D eigenvalue weighted by Crippen LogP contribution is -2.51. The number of nitrogens with zero attached hydrogens (tertiary/aromatic N) is 1. The monoisotopic (exact) mass is 245 g/mol. The van der Waals surface area contributed by atoms with Crippen molar-refractivity contribution in [3.63, 3.8) is 0 Å². The first-order chi connectivity index (χ1) is 8.62. The zero-order valence-corrected chi connectivity index (χ0v) is 12.0. The molecule has 1 saturated carbocycles. The van der Waals surface area contributed by atoms with E-state index in [4.69, 9.17) is 0 Å². The van der Waals surface area contributed by atoms with Crippen LogP contribution in [0.3, 0.4) is 0 Å². The third kappa shape index (κ3) is 2.18. The molecule has 2 fully saturated rings. The average Bonchev–Trinajstić information content (AvgIpc) is 2.82. The zero-order chi connectivity index (χ0) is 12.6. The van der Waals surface area contributed by atoms with Crippen LogP contribution in [0, 0.1) is 5.41 Å². The van der Waals surface area contributed by atoms with Crippen molar-refractivity contribution in [2.24, 2.45) is 5.41 Å². The first kappa shape index (κ1) is 12.5. The molecule has 0 aromatic rings. The maximum atomic E-state index is 2.73. The molecule has 18 heavy (non-hydrogen) atoms. The molecule has 1 aliphatic heterocycles. The van der Waals surface area contributed by atoms with E-state index in [1.165, 1.54) is 63.6 Å². The van der Waals surface area contributed by atoms with E-state index in [0.29, 0.717) is 5.54 Å². The molecule has 1 spiro atoms. The summed E-state index contributed by atoms with van der Waals surface area (Å²) in [7, 11) is 0. The normalized spacial score (nSPS) is 36.0. The molecule has 1 atom stereocenters. The average molecular weight is 245 g/mol. The third-order valence-electron chi connectivity index (χ3n) is 5.75. The Hall–Kier alpha value is -0.560. The second-order valence-corrected chi connectivity index (χ2v) is 7.04. The van der Waals surface area contributed by atoms with Crippen molar-refractivity contribution in [3.05, 3.63) is 23.8 Å². The van der Waals surface area contributed by atoms with Gasteiger partial charge in [0.25, 0.3) is 0 Å². The summed E-state index contributed by atoms with van der Waals surface area (Å²) in [6, 6.07) is 0. The van der Waals surface area contributed by atoms with Gasteiger partial charge in [0.15, 0.2) is 0 Å². The minimum absolute atomic E-state index is 0.291. The number of rotatable bonds is 1. The lowest BCUT2D eigenvalue weighted by atomic mass is 9.75. The van der Waals surface area contributed by atoms with Gasteiger partial charge >= 0.3 is 0 Å². The van der Waals surface area contributed by atoms with Gasteiger partial charge in [-0.15, -0.1) is 0 Å². The Morgan fingerprint density at radius 2 is 1.72 bits per heavy atom. The Labute approximate surface area is 112 Å². The van der Waals surface area contributed by atoms with Gasteiger partial charge in [0.1, 0.15) is 0 Å². The molecule has 0 amide bonds. The van der Waals surface area contributed by atoms with Crippen molar-refractivity contribution in [3.8, 4) is 0 Å². The van der Waals surface area contributed by atoms with E-state index in [1.807, 2.05) is 0 Å². The Kier molecular flexibility index (Phi) is 3.13. The predicted molar refractivity (Wildman–Crippen MR) is 77.6 cm³/mol. The van der Waals surface area contributed by atoms with Crippen molar-refractivity contribution in [1.82, 2.24) is 4.90 Å². The van der Waals surface area contributed by atoms with Crippen LogP contribution >= 0.6 is 0 Å². The lowest BCUT2D eigenvalue weighted by Gasteiger charge is -2.47. The molecule has 1 saturated heterocycles. The number of piperidine rings is 1. The summed E-state index contributed by atoms with van der Waals surface area (Å²) >= 11 is 0. The molecule has 0 aromatic carbocycles. The van der Waals surface area contributed by atoms with Gasteiger partial charge in [0.2, 0.25) is 0 Å². The van der Waals surface area contributed by atoms with Crippen LogP contribution in [-0.2, 0) is 0 Å². The first-order valence-electron chi connectivity index (χ1n) is 7.73. The standard InChI is InChI=1S/C17H27N/c1-15-5-9-16(2,10-6-15)18-13-11-17(12-14-18)7-3-4-8-17/h5-6,9H,3-4,7-8,10-14H2,1-2H3/t16-/m1/s1. The lowest BCUT2D eigenvalue weighted by molar-refractivity contribution is 0.0509. The highest BCUT2D eigenvalue weighted by atomic mass is 15.2. The van der Waals surface area contributed by atoms with E-state index in [1.54, 1.807) is 0 Å². The maximum Gasteiger partial charge on any atom is 0.0400 e. The van der Waals surface area contributed by atoms with Gasteiger partial charge in [-0.05, 0) is 64.5 Å². The molecule has 0 N–H and O–H groups in total. The molecule has 0 unspecified atom stereocenters. The van der Waals surface area contributed by atoms with Crippen molar-refractivity contribution in [2.75, 3.05) is 13.1 Å². The summed E-state index contributed by atoms with van der Waals surface area (Å²) in [5.41, 5.74) is 2.47. The van der Waals surface area contributed by atoms with E-state index >= 15 is 0 Å². The van der Waals surface area contributed by atoms with Gasteiger partial charge in [-0.1, -0.05) is 36.6 Å². The minimum Gasteiger partial charge on any atom is -0.294 e. The Morgan fingerprint density at radius 3 is 2.28 bits per heavy atom. The van der Waals surface area contributed by atoms with Gasteiger partial charge < -0.3 is 0 Å². The minimum atomic E-state index is 0.291. The van der Waals surface area contributed by atoms with Gasteiger partial charge in [0.05, 0.1) is 0 Å². The molecule has 1 heteroatoms. The van der Waals surface area contributed by atoms with Crippen molar-refractivity contribution in [1.29, 1.82) is 0 Å². The number of allylic oxidation sites excluding steroid dienone is 2. The molecule has 1 nitrogen and oxygen atoms in total. The van der Waals surface area contributed by atoms with Crippen LogP contribution in [0.2, 0.25) is 0 Å². The van der Waals surface area contributed by atoms with E-state index < -0.39 is 0 Å². The summed E-state index contributed by atoms with van der Waals surface area (Å²) in [5, 5.41) is 0. The van der Waals surface area contributed by atoms with Crippen LogP contribution in [0.5, 0.6) is 0 Å². The predicted octanol–water partition coefficient (Wildman–Crippen LogP) is 4.31. The zero-order valence-electron chi connectivity index (χ0n) is 12.0. The number of hydrogen-bond acceptors (Lipinski definition) is 1. The molecule has 1 heterocycles. The van der Waals surface area contributed by atoms with E-state index in [9.17, 15) is 0 Å². The Morgan fingerprint density at radius 1 is 1.06 bits per heavy atom. The smallest absolute Gasteiger partial charge is 0.0400 e. The summed E-state index contributed by atoms with van der Waals surface area (Å²) in [6.45, 7) is 7.25. The van der Waals surface area contributed by atoms with Crippen LogP contribution in [0.15, 0.2) is 23.8 Å². The summed E-state index contributed by atoms with van der Waals surface area (Å²) in [4.78, 5) is 2.73. The van der Waals surface area contributed by atoms with Crippen molar-refractivity contribution < 1.29 is 0 Å². The highest BCUT2D eigenvalue weighted by Crippen LogP contribution is 2.47. The molecule has 3 aliphatic rings. The van der Waals surface area contributed by atoms with Gasteiger partial charge in [-0.25, -0.2) is 0 Å². The molecule has 100 valence electrons. The largest absolute Gasteiger partial charge is 0.294 e. The summed E-state index contributed by atoms with van der Waals surface area (Å²) in [5.74, 6) is 0. The number of hydrogen-bond donors (Lipinski definition) is 0. The van der Waals surface area contributed by atoms with E-state index in [-0.39, 0.29) is 0 Å². The third-order valence-corrected chi connectivity index (χ3v) is 5.75. The van der Waals surface area contributed by atoms with E-state index in [0.717, 1.165) is 5.41 Å². The topological polar surface area (TPSA) is 3.24 Å². The quantitative estimate of drug-likeness (QED) is 0.665. The first-order valence-corrected chi connectivity index (χ1v) is 7.73. The maximum absolute atomic E-state index is 2.73. The Bertz CT molecular complexity index is 363. The van der Waals surface area contributed by atoms with Crippen LogP contribution in [0.1, 0.15) is 58.8 Å². The van der Waals surface area contributed by atoms with Crippen LogP contribution < -0.4 is 0 Å². The SMILES string of the molecule is CC1=CC[C@](C)(N2CCC3(CCCC3)CC2)C=C1. The summed E-state index contributed by atoms with van der Waals surface area (Å²) in [6.07, 6.45) is 17.2. The van der Waals surface area contributed by atoms with Gasteiger partial charge in [-0.2, -0.15) is 0 Å². The van der Waals surface area contributed by atoms with Crippen molar-refractivity contribution in [2.45, 2.75) is 64.3 Å². The second-order valence-electron chi connectivity index (χ2n) is 7.04. The van der Waals surface area contributed by atoms with Gasteiger partial charge in [-0.3, -0.25) is 4.90 Å². The Balaban J connectivity index is 1.64. The molecule has 2 aliphatic carbocycles.